The third kappa shape index (κ3) is 4.77. The van der Waals surface area contributed by atoms with Crippen molar-refractivity contribution in [2.24, 2.45) is 0 Å². The van der Waals surface area contributed by atoms with Crippen LogP contribution in [-0.4, -0.2) is 26.3 Å². The van der Waals surface area contributed by atoms with Crippen molar-refractivity contribution in [2.75, 3.05) is 11.4 Å². The zero-order chi connectivity index (χ0) is 28.2. The van der Waals surface area contributed by atoms with Crippen molar-refractivity contribution < 1.29 is 17.6 Å². The van der Waals surface area contributed by atoms with Gasteiger partial charge < -0.3 is 9.88 Å². The van der Waals surface area contributed by atoms with E-state index in [1.807, 2.05) is 21.7 Å². The summed E-state index contributed by atoms with van der Waals surface area (Å²) < 4.78 is 56.6. The monoisotopic (exact) mass is 563 g/mol. The number of nitrogens with zero attached hydrogens (tertiary/aromatic N) is 4. The molecule has 4 heterocycles. The molecule has 2 aromatic carbocycles. The van der Waals surface area contributed by atoms with Crippen molar-refractivity contribution in [1.82, 2.24) is 19.7 Å². The van der Waals surface area contributed by atoms with E-state index in [-0.39, 0.29) is 13.2 Å². The third-order valence-corrected chi connectivity index (χ3v) is 7.83. The summed E-state index contributed by atoms with van der Waals surface area (Å²) >= 11 is 0. The van der Waals surface area contributed by atoms with Crippen LogP contribution in [0, 0.1) is 12.7 Å². The lowest BCUT2D eigenvalue weighted by atomic mass is 9.96. The number of alkyl halides is 3. The van der Waals surface area contributed by atoms with Crippen molar-refractivity contribution >= 4 is 16.7 Å². The fourth-order valence-corrected chi connectivity index (χ4v) is 5.76. The average Bonchev–Trinajstić information content (AvgIpc) is 3.59. The minimum absolute atomic E-state index is 0. The zero-order valence-corrected chi connectivity index (χ0v) is 22.5. The van der Waals surface area contributed by atoms with Crippen LogP contribution in [0.25, 0.3) is 27.8 Å². The predicted molar refractivity (Wildman–Crippen MR) is 155 cm³/mol. The summed E-state index contributed by atoms with van der Waals surface area (Å²) in [4.78, 5) is 9.19. The first-order valence-electron chi connectivity index (χ1n) is 13.5. The number of rotatable bonds is 5. The average molecular weight is 564 g/mol. The lowest BCUT2D eigenvalue weighted by Crippen LogP contribution is -2.31. The number of halogens is 4. The maximum atomic E-state index is 15.1. The van der Waals surface area contributed by atoms with E-state index in [2.05, 4.69) is 42.0 Å². The highest BCUT2D eigenvalue weighted by molar-refractivity contribution is 5.96. The van der Waals surface area contributed by atoms with Crippen LogP contribution in [0.1, 0.15) is 54.8 Å². The number of fused-ring (bicyclic) bond motifs is 2. The second kappa shape index (κ2) is 10.7. The van der Waals surface area contributed by atoms with Gasteiger partial charge in [-0.3, -0.25) is 0 Å². The number of nitrogens with one attached hydrogen (secondary N) is 1. The molecule has 0 spiro atoms. The van der Waals surface area contributed by atoms with Gasteiger partial charge in [-0.05, 0) is 60.7 Å². The molecule has 3 aromatic heterocycles. The highest BCUT2D eigenvalue weighted by Crippen LogP contribution is 2.40. The van der Waals surface area contributed by atoms with E-state index in [1.165, 1.54) is 6.07 Å². The lowest BCUT2D eigenvalue weighted by Gasteiger charge is -2.28. The van der Waals surface area contributed by atoms with Crippen molar-refractivity contribution in [2.45, 2.75) is 60.2 Å². The molecule has 0 saturated carbocycles. The number of aromatic nitrogens is 4. The first-order valence-corrected chi connectivity index (χ1v) is 13.5. The third-order valence-electron chi connectivity index (χ3n) is 7.83. The van der Waals surface area contributed by atoms with E-state index in [1.54, 1.807) is 13.1 Å². The number of hydrogen-bond acceptors (Lipinski definition) is 3. The summed E-state index contributed by atoms with van der Waals surface area (Å²) in [5.74, 6) is 0.185. The number of anilines is 1. The Bertz CT molecular complexity index is 1690. The molecule has 1 aliphatic rings. The molecule has 1 N–H and O–H groups in total. The molecule has 0 atom stereocenters. The van der Waals surface area contributed by atoms with E-state index in [9.17, 15) is 13.2 Å². The quantitative estimate of drug-likeness (QED) is 0.219. The van der Waals surface area contributed by atoms with Crippen molar-refractivity contribution in [3.63, 3.8) is 0 Å². The molecule has 0 bridgehead atoms. The van der Waals surface area contributed by atoms with Gasteiger partial charge in [0.25, 0.3) is 0 Å². The standard InChI is InChI=1S/C31H29F4N5.CH4/c1-4-19-7-6-8-20(5-2)29(19)40-30(23-15-18(3)27(32)28-22(23)11-13-36-28)24-17-39(14-12-25(24)38-40)26-10-9-21(16-37-26)31(33,34)35;/h6-11,13,15-16,36H,4-5,12,14,17H2,1-3H3;1H4. The smallest absolute Gasteiger partial charge is 0.359 e. The number of para-hydroxylation sites is 1. The molecule has 9 heteroatoms. The van der Waals surface area contributed by atoms with Crippen molar-refractivity contribution in [3.8, 4) is 16.9 Å². The molecule has 6 rings (SSSR count). The van der Waals surface area contributed by atoms with Crippen LogP contribution in [-0.2, 0) is 32.0 Å². The minimum atomic E-state index is -4.44. The maximum Gasteiger partial charge on any atom is 0.417 e. The summed E-state index contributed by atoms with van der Waals surface area (Å²) in [6.07, 6.45) is 0.408. The predicted octanol–water partition coefficient (Wildman–Crippen LogP) is 8.21. The van der Waals surface area contributed by atoms with E-state index in [0.29, 0.717) is 36.4 Å². The van der Waals surface area contributed by atoms with Crippen LogP contribution in [0.5, 0.6) is 0 Å². The number of H-pyrrole nitrogens is 1. The van der Waals surface area contributed by atoms with Gasteiger partial charge >= 0.3 is 6.18 Å². The molecule has 0 fully saturated rings. The van der Waals surface area contributed by atoms with Gasteiger partial charge in [0, 0.05) is 48.4 Å². The van der Waals surface area contributed by atoms with Gasteiger partial charge in [0.15, 0.2) is 0 Å². The van der Waals surface area contributed by atoms with Crippen LogP contribution < -0.4 is 4.90 Å². The van der Waals surface area contributed by atoms with Crippen molar-refractivity contribution in [1.29, 1.82) is 0 Å². The van der Waals surface area contributed by atoms with E-state index < -0.39 is 11.7 Å². The first kappa shape index (κ1) is 28.4. The lowest BCUT2D eigenvalue weighted by molar-refractivity contribution is -0.137. The normalized spacial score (nSPS) is 13.4. The molecule has 0 amide bonds. The van der Waals surface area contributed by atoms with Crippen LogP contribution in [0.2, 0.25) is 0 Å². The molecule has 5 nitrogen and oxygen atoms in total. The van der Waals surface area contributed by atoms with Crippen LogP contribution >= 0.6 is 0 Å². The summed E-state index contributed by atoms with van der Waals surface area (Å²) in [5, 5.41) is 5.90. The summed E-state index contributed by atoms with van der Waals surface area (Å²) in [7, 11) is 0. The topological polar surface area (TPSA) is 49.7 Å². The molecule has 41 heavy (non-hydrogen) atoms. The van der Waals surface area contributed by atoms with Gasteiger partial charge in [0.2, 0.25) is 0 Å². The van der Waals surface area contributed by atoms with Crippen molar-refractivity contribution in [3.05, 3.63) is 94.2 Å². The van der Waals surface area contributed by atoms with E-state index in [0.717, 1.165) is 69.8 Å². The molecule has 5 aromatic rings. The summed E-state index contributed by atoms with van der Waals surface area (Å²) in [6.45, 7) is 6.97. The Morgan fingerprint density at radius 3 is 2.39 bits per heavy atom. The van der Waals surface area contributed by atoms with Gasteiger partial charge in [-0.25, -0.2) is 14.1 Å². The number of pyridine rings is 1. The Kier molecular flexibility index (Phi) is 7.40. The second-order valence-electron chi connectivity index (χ2n) is 10.2. The highest BCUT2D eigenvalue weighted by Gasteiger charge is 2.32. The molecule has 0 aliphatic carbocycles. The maximum absolute atomic E-state index is 15.1. The number of aromatic amines is 1. The van der Waals surface area contributed by atoms with Crippen LogP contribution in [0.3, 0.4) is 0 Å². The largest absolute Gasteiger partial charge is 0.417 e. The molecular formula is C32H33F4N5. The Hall–Kier alpha value is -4.14. The van der Waals surface area contributed by atoms with E-state index >= 15 is 4.39 Å². The summed E-state index contributed by atoms with van der Waals surface area (Å²) in [6, 6.07) is 12.5. The SMILES string of the molecule is C.CCc1cccc(CC)c1-n1nc2c(c1-c1cc(C)c(F)c3[nH]ccc13)CN(c1ccc(C(F)(F)F)cn1)CC2. The number of aryl methyl sites for hydroxylation is 3. The van der Waals surface area contributed by atoms with Gasteiger partial charge in [0.1, 0.15) is 11.6 Å². The Morgan fingerprint density at radius 2 is 1.76 bits per heavy atom. The van der Waals surface area contributed by atoms with Gasteiger partial charge in [-0.15, -0.1) is 0 Å². The number of hydrogen-bond donors (Lipinski definition) is 1. The van der Waals surface area contributed by atoms with Gasteiger partial charge in [0.05, 0.1) is 28.2 Å². The zero-order valence-electron chi connectivity index (χ0n) is 22.5. The van der Waals surface area contributed by atoms with Gasteiger partial charge in [-0.2, -0.15) is 18.3 Å². The summed E-state index contributed by atoms with van der Waals surface area (Å²) in [5.41, 5.74) is 7.15. The van der Waals surface area contributed by atoms with Gasteiger partial charge in [-0.1, -0.05) is 39.5 Å². The van der Waals surface area contributed by atoms with E-state index in [4.69, 9.17) is 5.10 Å². The minimum Gasteiger partial charge on any atom is -0.359 e. The molecule has 0 saturated heterocycles. The molecular weight excluding hydrogens is 530 g/mol. The number of benzene rings is 2. The Morgan fingerprint density at radius 1 is 1.02 bits per heavy atom. The Labute approximate surface area is 236 Å². The fraction of sp³-hybridized carbons (Fsp3) is 0.312. The van der Waals surface area contributed by atoms with Crippen LogP contribution in [0.4, 0.5) is 23.4 Å². The second-order valence-corrected chi connectivity index (χ2v) is 10.2. The molecule has 214 valence electrons. The molecule has 0 radical (unpaired) electrons. The fourth-order valence-electron chi connectivity index (χ4n) is 5.76. The molecule has 0 unspecified atom stereocenters. The highest BCUT2D eigenvalue weighted by atomic mass is 19.4. The first-order chi connectivity index (χ1) is 19.2. The Balaban J connectivity index is 0.00000337. The van der Waals surface area contributed by atoms with Crippen LogP contribution in [0.15, 0.2) is 54.9 Å². The molecule has 1 aliphatic heterocycles.